The fourth-order valence-electron chi connectivity index (χ4n) is 2.73. The minimum absolute atomic E-state index is 0.0397. The number of hydrogen-bond donors (Lipinski definition) is 1. The molecule has 0 amide bonds. The zero-order valence-electron chi connectivity index (χ0n) is 11.9. The summed E-state index contributed by atoms with van der Waals surface area (Å²) < 4.78 is 5.46. The zero-order chi connectivity index (χ0) is 14.5. The van der Waals surface area contributed by atoms with Crippen molar-refractivity contribution in [2.75, 3.05) is 0 Å². The molecule has 1 aliphatic rings. The van der Waals surface area contributed by atoms with Gasteiger partial charge in [0.05, 0.1) is 6.04 Å². The molecular weight excluding hydrogens is 262 g/mol. The predicted molar refractivity (Wildman–Crippen MR) is 81.6 cm³/mol. The van der Waals surface area contributed by atoms with E-state index >= 15 is 0 Å². The van der Waals surface area contributed by atoms with Crippen molar-refractivity contribution in [3.8, 4) is 0 Å². The second-order valence-corrected chi connectivity index (χ2v) is 5.32. The molecule has 0 aromatic heterocycles. The lowest BCUT2D eigenvalue weighted by molar-refractivity contribution is -0.142. The standard InChI is InChI=1S/C18H19NO2/c20-17-12-11-16(21-17)18(15-9-5-2-6-10-15)19-13-14-7-3-1-4-8-14/h1-10,16,18-19H,11-13H2/t16?,18-/m0/s1. The Bertz CT molecular complexity index is 583. The molecule has 0 bridgehead atoms. The number of benzene rings is 2. The molecule has 0 radical (unpaired) electrons. The lowest BCUT2D eigenvalue weighted by Gasteiger charge is -2.24. The first kappa shape index (κ1) is 13.8. The van der Waals surface area contributed by atoms with Crippen LogP contribution in [0.25, 0.3) is 0 Å². The molecule has 3 rings (SSSR count). The molecule has 0 spiro atoms. The van der Waals surface area contributed by atoms with Gasteiger partial charge in [0.2, 0.25) is 0 Å². The molecule has 2 aromatic rings. The van der Waals surface area contributed by atoms with Gasteiger partial charge in [-0.05, 0) is 17.5 Å². The van der Waals surface area contributed by atoms with E-state index in [9.17, 15) is 4.79 Å². The molecule has 1 heterocycles. The Hall–Kier alpha value is -2.13. The fourth-order valence-corrected chi connectivity index (χ4v) is 2.73. The summed E-state index contributed by atoms with van der Waals surface area (Å²) in [6.45, 7) is 0.758. The number of rotatable bonds is 5. The van der Waals surface area contributed by atoms with Gasteiger partial charge in [0, 0.05) is 13.0 Å². The van der Waals surface area contributed by atoms with Gasteiger partial charge in [0.25, 0.3) is 0 Å². The fraction of sp³-hybridized carbons (Fsp3) is 0.278. The van der Waals surface area contributed by atoms with Crippen LogP contribution in [0.1, 0.15) is 30.0 Å². The van der Waals surface area contributed by atoms with Gasteiger partial charge in [-0.1, -0.05) is 60.7 Å². The number of ether oxygens (including phenoxy) is 1. The molecule has 3 heteroatoms. The SMILES string of the molecule is O=C1CCC([C@@H](NCc2ccccc2)c2ccccc2)O1. The van der Waals surface area contributed by atoms with Gasteiger partial charge in [-0.25, -0.2) is 0 Å². The van der Waals surface area contributed by atoms with Crippen molar-refractivity contribution in [3.63, 3.8) is 0 Å². The lowest BCUT2D eigenvalue weighted by atomic mass is 9.99. The van der Waals surface area contributed by atoms with Crippen LogP contribution in [0.2, 0.25) is 0 Å². The van der Waals surface area contributed by atoms with E-state index < -0.39 is 0 Å². The third-order valence-electron chi connectivity index (χ3n) is 3.82. The summed E-state index contributed by atoms with van der Waals surface area (Å²) in [4.78, 5) is 11.4. The van der Waals surface area contributed by atoms with Crippen LogP contribution in [0.5, 0.6) is 0 Å². The molecule has 0 aliphatic carbocycles. The van der Waals surface area contributed by atoms with Gasteiger partial charge in [-0.2, -0.15) is 0 Å². The first-order valence-electron chi connectivity index (χ1n) is 7.34. The van der Waals surface area contributed by atoms with Crippen molar-refractivity contribution in [1.82, 2.24) is 5.32 Å². The Morgan fingerprint density at radius 1 is 1.05 bits per heavy atom. The quantitative estimate of drug-likeness (QED) is 0.855. The van der Waals surface area contributed by atoms with Crippen molar-refractivity contribution < 1.29 is 9.53 Å². The van der Waals surface area contributed by atoms with Crippen LogP contribution in [0, 0.1) is 0 Å². The number of carbonyl (C=O) groups is 1. The van der Waals surface area contributed by atoms with Crippen molar-refractivity contribution in [1.29, 1.82) is 0 Å². The van der Waals surface area contributed by atoms with E-state index in [2.05, 4.69) is 29.6 Å². The summed E-state index contributed by atoms with van der Waals surface area (Å²) in [7, 11) is 0. The maximum absolute atomic E-state index is 11.4. The van der Waals surface area contributed by atoms with E-state index in [1.54, 1.807) is 0 Å². The number of cyclic esters (lactones) is 1. The van der Waals surface area contributed by atoms with Crippen LogP contribution in [-0.2, 0) is 16.1 Å². The maximum Gasteiger partial charge on any atom is 0.306 e. The van der Waals surface area contributed by atoms with Gasteiger partial charge in [-0.15, -0.1) is 0 Å². The summed E-state index contributed by atoms with van der Waals surface area (Å²) in [5.74, 6) is -0.0950. The van der Waals surface area contributed by atoms with Crippen LogP contribution in [0.4, 0.5) is 0 Å². The molecule has 1 fully saturated rings. The first-order valence-corrected chi connectivity index (χ1v) is 7.34. The Morgan fingerprint density at radius 2 is 1.71 bits per heavy atom. The van der Waals surface area contributed by atoms with Gasteiger partial charge < -0.3 is 10.1 Å². The van der Waals surface area contributed by atoms with Crippen molar-refractivity contribution in [2.24, 2.45) is 0 Å². The summed E-state index contributed by atoms with van der Waals surface area (Å²) in [5, 5.41) is 3.54. The zero-order valence-corrected chi connectivity index (χ0v) is 11.9. The van der Waals surface area contributed by atoms with Crippen molar-refractivity contribution >= 4 is 5.97 Å². The molecule has 2 aromatic carbocycles. The Kier molecular flexibility index (Phi) is 4.31. The molecule has 108 valence electrons. The highest BCUT2D eigenvalue weighted by Crippen LogP contribution is 2.27. The molecule has 3 nitrogen and oxygen atoms in total. The maximum atomic E-state index is 11.4. The molecule has 21 heavy (non-hydrogen) atoms. The van der Waals surface area contributed by atoms with Crippen molar-refractivity contribution in [3.05, 3.63) is 71.8 Å². The molecular formula is C18H19NO2. The highest BCUT2D eigenvalue weighted by molar-refractivity contribution is 5.71. The largest absolute Gasteiger partial charge is 0.460 e. The Balaban J connectivity index is 1.74. The van der Waals surface area contributed by atoms with Gasteiger partial charge in [0.1, 0.15) is 6.10 Å². The molecule has 2 atom stereocenters. The van der Waals surface area contributed by atoms with E-state index in [1.807, 2.05) is 36.4 Å². The van der Waals surface area contributed by atoms with E-state index in [-0.39, 0.29) is 18.1 Å². The average molecular weight is 281 g/mol. The number of carbonyl (C=O) groups excluding carboxylic acids is 1. The Morgan fingerprint density at radius 3 is 2.33 bits per heavy atom. The molecule has 1 N–H and O–H groups in total. The minimum atomic E-state index is -0.0950. The smallest absolute Gasteiger partial charge is 0.306 e. The van der Waals surface area contributed by atoms with E-state index in [4.69, 9.17) is 4.74 Å². The number of esters is 1. The molecule has 1 aliphatic heterocycles. The molecule has 0 saturated carbocycles. The monoisotopic (exact) mass is 281 g/mol. The molecule has 1 saturated heterocycles. The topological polar surface area (TPSA) is 38.3 Å². The lowest BCUT2D eigenvalue weighted by Crippen LogP contribution is -2.31. The van der Waals surface area contributed by atoms with Gasteiger partial charge in [-0.3, -0.25) is 4.79 Å². The first-order chi connectivity index (χ1) is 10.3. The third-order valence-corrected chi connectivity index (χ3v) is 3.82. The van der Waals surface area contributed by atoms with Crippen molar-refractivity contribution in [2.45, 2.75) is 31.5 Å². The van der Waals surface area contributed by atoms with Crippen LogP contribution in [-0.4, -0.2) is 12.1 Å². The minimum Gasteiger partial charge on any atom is -0.460 e. The average Bonchev–Trinajstić information content (AvgIpc) is 2.96. The normalized spacial score (nSPS) is 19.2. The van der Waals surface area contributed by atoms with Gasteiger partial charge in [0.15, 0.2) is 0 Å². The van der Waals surface area contributed by atoms with Crippen LogP contribution >= 0.6 is 0 Å². The van der Waals surface area contributed by atoms with E-state index in [0.29, 0.717) is 6.42 Å². The summed E-state index contributed by atoms with van der Waals surface area (Å²) >= 11 is 0. The number of hydrogen-bond acceptors (Lipinski definition) is 3. The Labute approximate surface area is 124 Å². The van der Waals surface area contributed by atoms with Crippen LogP contribution < -0.4 is 5.32 Å². The highest BCUT2D eigenvalue weighted by atomic mass is 16.5. The summed E-state index contributed by atoms with van der Waals surface area (Å²) in [6.07, 6.45) is 1.21. The predicted octanol–water partition coefficient (Wildman–Crippen LogP) is 3.22. The number of nitrogens with one attached hydrogen (secondary N) is 1. The van der Waals surface area contributed by atoms with Crippen LogP contribution in [0.3, 0.4) is 0 Å². The second kappa shape index (κ2) is 6.55. The van der Waals surface area contributed by atoms with Gasteiger partial charge >= 0.3 is 5.97 Å². The molecule has 1 unspecified atom stereocenters. The second-order valence-electron chi connectivity index (χ2n) is 5.32. The summed E-state index contributed by atoms with van der Waals surface area (Å²) in [6, 6.07) is 20.5. The van der Waals surface area contributed by atoms with Crippen LogP contribution in [0.15, 0.2) is 60.7 Å². The van der Waals surface area contributed by atoms with E-state index in [1.165, 1.54) is 5.56 Å². The highest BCUT2D eigenvalue weighted by Gasteiger charge is 2.31. The van der Waals surface area contributed by atoms with E-state index in [0.717, 1.165) is 18.5 Å². The summed E-state index contributed by atoms with van der Waals surface area (Å²) in [5.41, 5.74) is 2.39. The third kappa shape index (κ3) is 3.50.